The predicted octanol–water partition coefficient (Wildman–Crippen LogP) is 3.07. The number of nitrogens with zero attached hydrogens (tertiary/aromatic N) is 1. The van der Waals surface area contributed by atoms with Gasteiger partial charge in [0.1, 0.15) is 11.6 Å². The fourth-order valence-corrected chi connectivity index (χ4v) is 1.94. The van der Waals surface area contributed by atoms with E-state index >= 15 is 0 Å². The SMILES string of the molecule is COc1ccc(OCC(=O)Nc2ccc(C)cc2F)c([N+](=O)[O-])c1. The largest absolute Gasteiger partial charge is 0.496 e. The Morgan fingerprint density at radius 2 is 2.04 bits per heavy atom. The van der Waals surface area contributed by atoms with Crippen molar-refractivity contribution in [2.75, 3.05) is 19.0 Å². The van der Waals surface area contributed by atoms with Crippen molar-refractivity contribution in [3.05, 3.63) is 57.9 Å². The molecule has 24 heavy (non-hydrogen) atoms. The summed E-state index contributed by atoms with van der Waals surface area (Å²) in [5.41, 5.74) is 0.401. The Morgan fingerprint density at radius 1 is 1.29 bits per heavy atom. The van der Waals surface area contributed by atoms with Gasteiger partial charge < -0.3 is 14.8 Å². The zero-order valence-corrected chi connectivity index (χ0v) is 13.0. The molecular weight excluding hydrogens is 319 g/mol. The second kappa shape index (κ2) is 7.40. The van der Waals surface area contributed by atoms with E-state index in [0.29, 0.717) is 5.75 Å². The van der Waals surface area contributed by atoms with Gasteiger partial charge in [0.05, 0.1) is 23.8 Å². The summed E-state index contributed by atoms with van der Waals surface area (Å²) in [6.45, 7) is 1.22. The summed E-state index contributed by atoms with van der Waals surface area (Å²) in [6, 6.07) is 8.35. The van der Waals surface area contributed by atoms with Crippen LogP contribution in [0.1, 0.15) is 5.56 Å². The highest BCUT2D eigenvalue weighted by Crippen LogP contribution is 2.31. The molecule has 0 aliphatic carbocycles. The van der Waals surface area contributed by atoms with Crippen molar-refractivity contribution in [3.8, 4) is 11.5 Å². The molecule has 0 aromatic heterocycles. The third-order valence-corrected chi connectivity index (χ3v) is 3.12. The second-order valence-corrected chi connectivity index (χ2v) is 4.91. The first-order chi connectivity index (χ1) is 11.4. The quantitative estimate of drug-likeness (QED) is 0.647. The number of ether oxygens (including phenoxy) is 2. The molecule has 2 rings (SSSR count). The van der Waals surface area contributed by atoms with Crippen LogP contribution in [0.2, 0.25) is 0 Å². The van der Waals surface area contributed by atoms with Gasteiger partial charge in [0.25, 0.3) is 5.91 Å². The van der Waals surface area contributed by atoms with Crippen LogP contribution in [-0.4, -0.2) is 24.5 Å². The van der Waals surface area contributed by atoms with E-state index in [1.54, 1.807) is 13.0 Å². The molecule has 0 aliphatic heterocycles. The standard InChI is InChI=1S/C16H15FN2O5/c1-10-3-5-13(12(17)7-10)18-16(20)9-24-15-6-4-11(23-2)8-14(15)19(21)22/h3-8H,9H2,1-2H3,(H,18,20). The number of rotatable bonds is 6. The Morgan fingerprint density at radius 3 is 2.67 bits per heavy atom. The van der Waals surface area contributed by atoms with Crippen LogP contribution in [0.4, 0.5) is 15.8 Å². The molecule has 7 nitrogen and oxygen atoms in total. The van der Waals surface area contributed by atoms with Crippen LogP contribution in [0, 0.1) is 22.9 Å². The number of anilines is 1. The van der Waals surface area contributed by atoms with Gasteiger partial charge in [0, 0.05) is 0 Å². The first-order valence-electron chi connectivity index (χ1n) is 6.92. The maximum atomic E-state index is 13.7. The number of carbonyl (C=O) groups is 1. The number of nitrogens with one attached hydrogen (secondary N) is 1. The molecule has 1 amide bonds. The van der Waals surface area contributed by atoms with Gasteiger partial charge in [-0.2, -0.15) is 0 Å². The highest BCUT2D eigenvalue weighted by Gasteiger charge is 2.18. The summed E-state index contributed by atoms with van der Waals surface area (Å²) in [5, 5.41) is 13.4. The average Bonchev–Trinajstić information content (AvgIpc) is 2.55. The molecule has 2 aromatic carbocycles. The molecule has 0 heterocycles. The second-order valence-electron chi connectivity index (χ2n) is 4.91. The van der Waals surface area contributed by atoms with Crippen molar-refractivity contribution in [3.63, 3.8) is 0 Å². The molecule has 0 radical (unpaired) electrons. The Labute approximate surface area is 137 Å². The zero-order valence-electron chi connectivity index (χ0n) is 13.0. The van der Waals surface area contributed by atoms with Gasteiger partial charge in [-0.3, -0.25) is 14.9 Å². The number of benzene rings is 2. The molecule has 0 aliphatic rings. The number of carbonyl (C=O) groups excluding carboxylic acids is 1. The van der Waals surface area contributed by atoms with Gasteiger partial charge in [-0.15, -0.1) is 0 Å². The van der Waals surface area contributed by atoms with Crippen molar-refractivity contribution < 1.29 is 23.6 Å². The fraction of sp³-hybridized carbons (Fsp3) is 0.188. The minimum Gasteiger partial charge on any atom is -0.496 e. The lowest BCUT2D eigenvalue weighted by Gasteiger charge is -2.09. The molecule has 1 N–H and O–H groups in total. The van der Waals surface area contributed by atoms with E-state index in [0.717, 1.165) is 5.56 Å². The maximum absolute atomic E-state index is 13.7. The first-order valence-corrected chi connectivity index (χ1v) is 6.92. The first kappa shape index (κ1) is 17.2. The summed E-state index contributed by atoms with van der Waals surface area (Å²) < 4.78 is 23.7. The predicted molar refractivity (Wildman–Crippen MR) is 84.9 cm³/mol. The van der Waals surface area contributed by atoms with Gasteiger partial charge in [-0.1, -0.05) is 6.07 Å². The van der Waals surface area contributed by atoms with Crippen LogP contribution >= 0.6 is 0 Å². The van der Waals surface area contributed by atoms with E-state index in [1.165, 1.54) is 37.4 Å². The van der Waals surface area contributed by atoms with Crippen LogP contribution in [0.15, 0.2) is 36.4 Å². The lowest BCUT2D eigenvalue weighted by molar-refractivity contribution is -0.385. The minimum absolute atomic E-state index is 0.0124. The summed E-state index contributed by atoms with van der Waals surface area (Å²) >= 11 is 0. The lowest BCUT2D eigenvalue weighted by atomic mass is 10.2. The topological polar surface area (TPSA) is 90.7 Å². The third-order valence-electron chi connectivity index (χ3n) is 3.12. The summed E-state index contributed by atoms with van der Waals surface area (Å²) in [5.74, 6) is -0.998. The van der Waals surface area contributed by atoms with E-state index in [2.05, 4.69) is 5.32 Å². The van der Waals surface area contributed by atoms with Crippen molar-refractivity contribution in [2.45, 2.75) is 6.92 Å². The molecule has 0 bridgehead atoms. The van der Waals surface area contributed by atoms with Gasteiger partial charge in [0.2, 0.25) is 0 Å². The lowest BCUT2D eigenvalue weighted by Crippen LogP contribution is -2.21. The van der Waals surface area contributed by atoms with E-state index in [1.807, 2.05) is 0 Å². The highest BCUT2D eigenvalue weighted by atomic mass is 19.1. The fourth-order valence-electron chi connectivity index (χ4n) is 1.94. The summed E-state index contributed by atoms with van der Waals surface area (Å²) in [4.78, 5) is 22.2. The van der Waals surface area contributed by atoms with Crippen molar-refractivity contribution in [2.24, 2.45) is 0 Å². The Balaban J connectivity index is 2.05. The molecule has 126 valence electrons. The number of nitro benzene ring substituents is 1. The molecule has 8 heteroatoms. The highest BCUT2D eigenvalue weighted by molar-refractivity contribution is 5.92. The minimum atomic E-state index is -0.643. The normalized spacial score (nSPS) is 10.1. The molecule has 0 spiro atoms. The third kappa shape index (κ3) is 4.19. The van der Waals surface area contributed by atoms with Gasteiger partial charge in [-0.25, -0.2) is 4.39 Å². The van der Waals surface area contributed by atoms with E-state index in [-0.39, 0.29) is 17.1 Å². The summed E-state index contributed by atoms with van der Waals surface area (Å²) in [7, 11) is 1.38. The molecule has 0 atom stereocenters. The van der Waals surface area contributed by atoms with E-state index < -0.39 is 23.3 Å². The Bertz CT molecular complexity index is 779. The number of aryl methyl sites for hydroxylation is 1. The van der Waals surface area contributed by atoms with E-state index in [4.69, 9.17) is 9.47 Å². The van der Waals surface area contributed by atoms with Gasteiger partial charge in [-0.05, 0) is 36.8 Å². The van der Waals surface area contributed by atoms with Crippen LogP contribution < -0.4 is 14.8 Å². The Kier molecular flexibility index (Phi) is 5.31. The molecule has 0 saturated carbocycles. The van der Waals surface area contributed by atoms with Crippen molar-refractivity contribution in [1.82, 2.24) is 0 Å². The molecular formula is C16H15FN2O5. The van der Waals surface area contributed by atoms with Gasteiger partial charge >= 0.3 is 5.69 Å². The number of methoxy groups -OCH3 is 1. The molecule has 2 aromatic rings. The average molecular weight is 334 g/mol. The number of hydrogen-bond acceptors (Lipinski definition) is 5. The van der Waals surface area contributed by atoms with Crippen LogP contribution in [0.3, 0.4) is 0 Å². The van der Waals surface area contributed by atoms with E-state index in [9.17, 15) is 19.3 Å². The smallest absolute Gasteiger partial charge is 0.314 e. The Hall–Kier alpha value is -3.16. The molecule has 0 unspecified atom stereocenters. The zero-order chi connectivity index (χ0) is 17.7. The number of hydrogen-bond donors (Lipinski definition) is 1. The maximum Gasteiger partial charge on any atom is 0.314 e. The molecule has 0 saturated heterocycles. The summed E-state index contributed by atoms with van der Waals surface area (Å²) in [6.07, 6.45) is 0. The van der Waals surface area contributed by atoms with Crippen molar-refractivity contribution >= 4 is 17.3 Å². The number of nitro groups is 1. The monoisotopic (exact) mass is 334 g/mol. The van der Waals surface area contributed by atoms with Gasteiger partial charge in [0.15, 0.2) is 12.4 Å². The van der Waals surface area contributed by atoms with Crippen LogP contribution in [0.25, 0.3) is 0 Å². The number of amides is 1. The van der Waals surface area contributed by atoms with Crippen molar-refractivity contribution in [1.29, 1.82) is 0 Å². The number of halogens is 1. The van der Waals surface area contributed by atoms with Crippen LogP contribution in [-0.2, 0) is 4.79 Å². The van der Waals surface area contributed by atoms with Crippen LogP contribution in [0.5, 0.6) is 11.5 Å². The molecule has 0 fully saturated rings.